The Morgan fingerprint density at radius 3 is 2.64 bits per heavy atom. The number of hydrogen-bond donors (Lipinski definition) is 3. The summed E-state index contributed by atoms with van der Waals surface area (Å²) in [5, 5.41) is 12.4. The van der Waals surface area contributed by atoms with E-state index in [-0.39, 0.29) is 51.9 Å². The van der Waals surface area contributed by atoms with Crippen molar-refractivity contribution in [2.24, 2.45) is 0 Å². The van der Waals surface area contributed by atoms with E-state index in [1.807, 2.05) is 4.90 Å². The van der Waals surface area contributed by atoms with Gasteiger partial charge in [-0.2, -0.15) is 13.2 Å². The number of aromatic carboxylic acids is 1. The zero-order chi connectivity index (χ0) is 29.8. The number of nitrogen functional groups attached to an aromatic ring is 1. The van der Waals surface area contributed by atoms with E-state index in [2.05, 4.69) is 15.3 Å². The highest BCUT2D eigenvalue weighted by Crippen LogP contribution is 2.39. The van der Waals surface area contributed by atoms with Gasteiger partial charge < -0.3 is 21.1 Å². The second-order valence-corrected chi connectivity index (χ2v) is 10.3. The van der Waals surface area contributed by atoms with Gasteiger partial charge in [-0.15, -0.1) is 0 Å². The Hall–Kier alpha value is -5.01. The van der Waals surface area contributed by atoms with Gasteiger partial charge in [-0.05, 0) is 43.5 Å². The maximum absolute atomic E-state index is 13.1. The maximum atomic E-state index is 13.1. The molecule has 0 radical (unpaired) electrons. The van der Waals surface area contributed by atoms with Crippen molar-refractivity contribution in [3.63, 3.8) is 0 Å². The molecule has 2 fully saturated rings. The number of amides is 2. The predicted octanol–water partition coefficient (Wildman–Crippen LogP) is 4.21. The van der Waals surface area contributed by atoms with Crippen LogP contribution in [0.3, 0.4) is 0 Å². The second kappa shape index (κ2) is 10.1. The van der Waals surface area contributed by atoms with E-state index in [1.165, 1.54) is 18.3 Å². The van der Waals surface area contributed by atoms with Gasteiger partial charge in [0.05, 0.1) is 11.1 Å². The number of aromatic nitrogens is 4. The van der Waals surface area contributed by atoms with E-state index in [9.17, 15) is 32.7 Å². The van der Waals surface area contributed by atoms with Crippen LogP contribution >= 0.6 is 0 Å². The molecular formula is C28H24F3N7O4. The Morgan fingerprint density at radius 2 is 1.88 bits per heavy atom. The van der Waals surface area contributed by atoms with Crippen LogP contribution in [0, 0.1) is 0 Å². The van der Waals surface area contributed by atoms with Crippen molar-refractivity contribution in [2.75, 3.05) is 17.6 Å². The van der Waals surface area contributed by atoms with Gasteiger partial charge in [0, 0.05) is 54.6 Å². The summed E-state index contributed by atoms with van der Waals surface area (Å²) in [6, 6.07) is 5.53. The molecule has 42 heavy (non-hydrogen) atoms. The lowest BCUT2D eigenvalue weighted by atomic mass is 9.92. The minimum atomic E-state index is -4.63. The van der Waals surface area contributed by atoms with Gasteiger partial charge in [-0.3, -0.25) is 14.0 Å². The molecule has 0 bridgehead atoms. The number of benzene rings is 1. The average Bonchev–Trinajstić information content (AvgIpc) is 3.53. The van der Waals surface area contributed by atoms with Crippen LogP contribution in [0.25, 0.3) is 16.8 Å². The zero-order valence-electron chi connectivity index (χ0n) is 21.9. The first-order chi connectivity index (χ1) is 20.0. The molecule has 14 heteroatoms. The number of nitrogens with one attached hydrogen (secondary N) is 1. The monoisotopic (exact) mass is 579 g/mol. The van der Waals surface area contributed by atoms with Crippen LogP contribution in [0.2, 0.25) is 0 Å². The Balaban J connectivity index is 1.37. The van der Waals surface area contributed by atoms with Crippen LogP contribution in [0.1, 0.15) is 63.7 Å². The molecule has 2 saturated heterocycles. The van der Waals surface area contributed by atoms with E-state index in [1.54, 1.807) is 10.6 Å². The summed E-state index contributed by atoms with van der Waals surface area (Å²) in [5.41, 5.74) is 5.66. The van der Waals surface area contributed by atoms with Crippen molar-refractivity contribution in [3.05, 3.63) is 71.4 Å². The molecular weight excluding hydrogens is 555 g/mol. The molecule has 1 aromatic carbocycles. The zero-order valence-corrected chi connectivity index (χ0v) is 21.9. The SMILES string of the molecule is Nc1nccn2c(C3CCC4CCC(=O)N4C3)nc(-c3ccc(C(=O)Nc4cc(C(F)(F)F)ccn4)cc3C(=O)O)c12. The molecule has 2 atom stereocenters. The van der Waals surface area contributed by atoms with E-state index in [0.29, 0.717) is 30.4 Å². The van der Waals surface area contributed by atoms with Crippen molar-refractivity contribution in [3.8, 4) is 11.3 Å². The first-order valence-corrected chi connectivity index (χ1v) is 13.2. The number of nitrogens with zero attached hydrogens (tertiary/aromatic N) is 5. The van der Waals surface area contributed by atoms with Crippen molar-refractivity contribution < 1.29 is 32.7 Å². The molecule has 6 rings (SSSR count). The number of alkyl halides is 3. The lowest BCUT2D eigenvalue weighted by Crippen LogP contribution is -2.41. The summed E-state index contributed by atoms with van der Waals surface area (Å²) in [7, 11) is 0. The van der Waals surface area contributed by atoms with E-state index >= 15 is 0 Å². The molecule has 0 spiro atoms. The molecule has 2 unspecified atom stereocenters. The third-order valence-corrected chi connectivity index (χ3v) is 7.79. The first-order valence-electron chi connectivity index (χ1n) is 13.2. The summed E-state index contributed by atoms with van der Waals surface area (Å²) < 4.78 is 41.0. The van der Waals surface area contributed by atoms with Crippen LogP contribution in [0.5, 0.6) is 0 Å². The van der Waals surface area contributed by atoms with Gasteiger partial charge in [0.25, 0.3) is 5.91 Å². The molecule has 11 nitrogen and oxygen atoms in total. The van der Waals surface area contributed by atoms with Crippen LogP contribution in [0.15, 0.2) is 48.9 Å². The number of halogens is 3. The standard InChI is InChI=1S/C28H24F3N7O4/c29-28(30,31)16-7-8-33-20(12-16)35-26(40)14-2-5-18(19(11-14)27(41)42)22-23-24(32)34-9-10-37(23)25(36-22)15-1-3-17-4-6-21(39)38(17)13-15/h2,5,7-12,15,17H,1,3-4,6,13H2,(H2,32,34)(H,41,42)(H,33,35,40). The minimum Gasteiger partial charge on any atom is -0.478 e. The fraction of sp³-hybridized carbons (Fsp3) is 0.286. The molecule has 2 aliphatic rings. The fourth-order valence-corrected chi connectivity index (χ4v) is 5.77. The number of carboxylic acids is 1. The molecule has 3 aromatic heterocycles. The highest BCUT2D eigenvalue weighted by molar-refractivity contribution is 6.07. The number of anilines is 2. The lowest BCUT2D eigenvalue weighted by Gasteiger charge is -2.34. The number of pyridine rings is 1. The highest BCUT2D eigenvalue weighted by atomic mass is 19.4. The number of rotatable bonds is 5. The topological polar surface area (TPSA) is 156 Å². The quantitative estimate of drug-likeness (QED) is 0.318. The number of nitrogens with two attached hydrogens (primary N) is 1. The largest absolute Gasteiger partial charge is 0.478 e. The van der Waals surface area contributed by atoms with Gasteiger partial charge in [-0.1, -0.05) is 6.07 Å². The summed E-state index contributed by atoms with van der Waals surface area (Å²) in [5.74, 6) is -1.83. The summed E-state index contributed by atoms with van der Waals surface area (Å²) in [6.45, 7) is 0.485. The van der Waals surface area contributed by atoms with Crippen LogP contribution in [0.4, 0.5) is 24.8 Å². The number of fused-ring (bicyclic) bond motifs is 2. The Bertz CT molecular complexity index is 1750. The Labute approximate surface area is 236 Å². The van der Waals surface area contributed by atoms with Gasteiger partial charge in [0.15, 0.2) is 0 Å². The number of carbonyl (C=O) groups excluding carboxylic acids is 2. The molecule has 0 aliphatic carbocycles. The van der Waals surface area contributed by atoms with Gasteiger partial charge in [-0.25, -0.2) is 19.7 Å². The molecule has 5 heterocycles. The lowest BCUT2D eigenvalue weighted by molar-refractivity contribution is -0.137. The maximum Gasteiger partial charge on any atom is 0.416 e. The van der Waals surface area contributed by atoms with E-state index in [0.717, 1.165) is 37.6 Å². The molecule has 0 saturated carbocycles. The van der Waals surface area contributed by atoms with Crippen LogP contribution in [-0.2, 0) is 11.0 Å². The smallest absolute Gasteiger partial charge is 0.416 e. The molecule has 4 N–H and O–H groups in total. The van der Waals surface area contributed by atoms with E-state index < -0.39 is 23.6 Å². The summed E-state index contributed by atoms with van der Waals surface area (Å²) in [6.07, 6.45) is 2.44. The van der Waals surface area contributed by atoms with Gasteiger partial charge in [0.2, 0.25) is 5.91 Å². The normalized spacial score (nSPS) is 18.7. The number of carboxylic acid groups (broad SMARTS) is 1. The second-order valence-electron chi connectivity index (χ2n) is 10.3. The first kappa shape index (κ1) is 27.2. The van der Waals surface area contributed by atoms with Crippen molar-refractivity contribution in [2.45, 2.75) is 43.8 Å². The van der Waals surface area contributed by atoms with Crippen molar-refractivity contribution in [1.82, 2.24) is 24.3 Å². The summed E-state index contributed by atoms with van der Waals surface area (Å²) in [4.78, 5) is 52.3. The third kappa shape index (κ3) is 4.78. The molecule has 4 aromatic rings. The number of piperidine rings is 1. The number of carbonyl (C=O) groups is 3. The number of hydrogen-bond acceptors (Lipinski definition) is 7. The van der Waals surface area contributed by atoms with Crippen molar-refractivity contribution in [1.29, 1.82) is 0 Å². The number of imidazole rings is 1. The van der Waals surface area contributed by atoms with Crippen LogP contribution in [-0.4, -0.2) is 59.7 Å². The minimum absolute atomic E-state index is 0.106. The average molecular weight is 580 g/mol. The highest BCUT2D eigenvalue weighted by Gasteiger charge is 2.38. The van der Waals surface area contributed by atoms with Crippen molar-refractivity contribution >= 4 is 34.9 Å². The molecule has 2 aliphatic heterocycles. The summed E-state index contributed by atoms with van der Waals surface area (Å²) >= 11 is 0. The fourth-order valence-electron chi connectivity index (χ4n) is 5.77. The van der Waals surface area contributed by atoms with Gasteiger partial charge >= 0.3 is 12.1 Å². The Morgan fingerprint density at radius 1 is 1.07 bits per heavy atom. The Kier molecular flexibility index (Phi) is 6.55. The third-order valence-electron chi connectivity index (χ3n) is 7.79. The van der Waals surface area contributed by atoms with Crippen LogP contribution < -0.4 is 11.1 Å². The van der Waals surface area contributed by atoms with E-state index in [4.69, 9.17) is 10.7 Å². The van der Waals surface area contributed by atoms with Gasteiger partial charge in [0.1, 0.15) is 28.7 Å². The molecule has 216 valence electrons. The molecule has 2 amide bonds. The predicted molar refractivity (Wildman–Crippen MR) is 144 cm³/mol.